The number of amides is 1. The highest BCUT2D eigenvalue weighted by Gasteiger charge is 2.10. The summed E-state index contributed by atoms with van der Waals surface area (Å²) in [6.45, 7) is -0.0932. The van der Waals surface area contributed by atoms with Crippen molar-refractivity contribution in [1.82, 2.24) is 9.13 Å². The van der Waals surface area contributed by atoms with E-state index in [0.29, 0.717) is 11.4 Å². The summed E-state index contributed by atoms with van der Waals surface area (Å²) in [5, 5.41) is 4.99. The zero-order valence-electron chi connectivity index (χ0n) is 15.1. The third-order valence-electron chi connectivity index (χ3n) is 4.65. The lowest BCUT2D eigenvalue weighted by atomic mass is 10.1. The number of hydrogen-bond acceptors (Lipinski definition) is 3. The minimum atomic E-state index is -0.261. The SMILES string of the molecule is Cn1c(=O)n(C)c2cc(NC(=O)COc3ccc4ccccc4c3)ccc21. The van der Waals surface area contributed by atoms with E-state index in [1.54, 1.807) is 35.4 Å². The Morgan fingerprint density at radius 2 is 1.67 bits per heavy atom. The number of nitrogens with one attached hydrogen (secondary N) is 1. The summed E-state index contributed by atoms with van der Waals surface area (Å²) in [4.78, 5) is 24.2. The largest absolute Gasteiger partial charge is 0.484 e. The van der Waals surface area contributed by atoms with Crippen LogP contribution in [0.5, 0.6) is 5.75 Å². The van der Waals surface area contributed by atoms with Gasteiger partial charge in [0.25, 0.3) is 5.91 Å². The fourth-order valence-electron chi connectivity index (χ4n) is 3.19. The lowest BCUT2D eigenvalue weighted by molar-refractivity contribution is -0.118. The van der Waals surface area contributed by atoms with E-state index < -0.39 is 0 Å². The van der Waals surface area contributed by atoms with Crippen LogP contribution in [0, 0.1) is 0 Å². The molecule has 1 aromatic heterocycles. The molecule has 6 nitrogen and oxygen atoms in total. The molecule has 136 valence electrons. The number of aryl methyl sites for hydroxylation is 2. The van der Waals surface area contributed by atoms with E-state index in [0.717, 1.165) is 21.8 Å². The minimum absolute atomic E-state index is 0.0932. The first-order valence-corrected chi connectivity index (χ1v) is 8.60. The lowest BCUT2D eigenvalue weighted by Gasteiger charge is -2.09. The van der Waals surface area contributed by atoms with Crippen molar-refractivity contribution in [2.75, 3.05) is 11.9 Å². The van der Waals surface area contributed by atoms with Crippen LogP contribution in [0.2, 0.25) is 0 Å². The van der Waals surface area contributed by atoms with Gasteiger partial charge in [0.15, 0.2) is 6.61 Å². The summed E-state index contributed by atoms with van der Waals surface area (Å²) in [6.07, 6.45) is 0. The van der Waals surface area contributed by atoms with E-state index in [1.807, 2.05) is 48.5 Å². The maximum Gasteiger partial charge on any atom is 0.328 e. The maximum absolute atomic E-state index is 12.2. The zero-order valence-corrected chi connectivity index (χ0v) is 15.1. The van der Waals surface area contributed by atoms with Crippen molar-refractivity contribution < 1.29 is 9.53 Å². The third kappa shape index (κ3) is 3.17. The van der Waals surface area contributed by atoms with Gasteiger partial charge in [0, 0.05) is 19.8 Å². The van der Waals surface area contributed by atoms with Crippen molar-refractivity contribution in [3.05, 3.63) is 71.1 Å². The molecule has 0 atom stereocenters. The quantitative estimate of drug-likeness (QED) is 0.608. The molecule has 0 aliphatic heterocycles. The van der Waals surface area contributed by atoms with Crippen molar-refractivity contribution in [1.29, 1.82) is 0 Å². The minimum Gasteiger partial charge on any atom is -0.484 e. The van der Waals surface area contributed by atoms with Gasteiger partial charge in [-0.05, 0) is 41.1 Å². The van der Waals surface area contributed by atoms with Crippen molar-refractivity contribution in [3.8, 4) is 5.75 Å². The van der Waals surface area contributed by atoms with E-state index in [1.165, 1.54) is 0 Å². The Kier molecular flexibility index (Phi) is 4.16. The Morgan fingerprint density at radius 3 is 2.48 bits per heavy atom. The first kappa shape index (κ1) is 16.9. The van der Waals surface area contributed by atoms with Crippen LogP contribution in [0.25, 0.3) is 21.8 Å². The van der Waals surface area contributed by atoms with Gasteiger partial charge in [0.2, 0.25) is 0 Å². The Hall–Kier alpha value is -3.54. The average Bonchev–Trinajstić information content (AvgIpc) is 2.90. The lowest BCUT2D eigenvalue weighted by Crippen LogP contribution is -2.20. The normalized spacial score (nSPS) is 11.0. The molecule has 1 N–H and O–H groups in total. The van der Waals surface area contributed by atoms with Crippen molar-refractivity contribution in [3.63, 3.8) is 0 Å². The highest BCUT2D eigenvalue weighted by atomic mass is 16.5. The summed E-state index contributed by atoms with van der Waals surface area (Å²) >= 11 is 0. The predicted molar refractivity (Wildman–Crippen MR) is 106 cm³/mol. The number of aromatic nitrogens is 2. The maximum atomic E-state index is 12.2. The average molecular weight is 361 g/mol. The molecule has 1 amide bonds. The summed E-state index contributed by atoms with van der Waals surface area (Å²) in [5.41, 5.74) is 2.09. The second kappa shape index (κ2) is 6.64. The summed E-state index contributed by atoms with van der Waals surface area (Å²) in [5.74, 6) is 0.383. The zero-order chi connectivity index (χ0) is 19.0. The number of carbonyl (C=O) groups excluding carboxylic acids is 1. The number of anilines is 1. The topological polar surface area (TPSA) is 65.3 Å². The first-order valence-electron chi connectivity index (χ1n) is 8.60. The molecule has 6 heteroatoms. The number of fused-ring (bicyclic) bond motifs is 2. The van der Waals surface area contributed by atoms with Gasteiger partial charge in [-0.2, -0.15) is 0 Å². The number of hydrogen-bond donors (Lipinski definition) is 1. The molecule has 0 aliphatic carbocycles. The van der Waals surface area contributed by atoms with E-state index in [4.69, 9.17) is 4.74 Å². The molecule has 0 fully saturated rings. The number of nitrogens with zero attached hydrogens (tertiary/aromatic N) is 2. The molecule has 0 aliphatic rings. The Balaban J connectivity index is 1.46. The van der Waals surface area contributed by atoms with Crippen molar-refractivity contribution in [2.45, 2.75) is 0 Å². The van der Waals surface area contributed by atoms with Crippen molar-refractivity contribution >= 4 is 33.4 Å². The molecule has 27 heavy (non-hydrogen) atoms. The number of rotatable bonds is 4. The van der Waals surface area contributed by atoms with Gasteiger partial charge < -0.3 is 10.1 Å². The van der Waals surface area contributed by atoms with E-state index >= 15 is 0 Å². The van der Waals surface area contributed by atoms with Crippen LogP contribution in [0.1, 0.15) is 0 Å². The monoisotopic (exact) mass is 361 g/mol. The number of ether oxygens (including phenoxy) is 1. The number of benzene rings is 3. The van der Waals surface area contributed by atoms with Gasteiger partial charge in [0.05, 0.1) is 11.0 Å². The Labute approximate surface area is 155 Å². The standard InChI is InChI=1S/C21H19N3O3/c1-23-18-10-8-16(12-19(18)24(2)21(23)26)22-20(25)13-27-17-9-7-14-5-3-4-6-15(14)11-17/h3-12H,13H2,1-2H3,(H,22,25). The van der Waals surface area contributed by atoms with Crippen LogP contribution in [0.3, 0.4) is 0 Å². The van der Waals surface area contributed by atoms with Gasteiger partial charge in [0.1, 0.15) is 5.75 Å². The second-order valence-corrected chi connectivity index (χ2v) is 6.45. The highest BCUT2D eigenvalue weighted by molar-refractivity contribution is 5.94. The molecule has 4 rings (SSSR count). The summed E-state index contributed by atoms with van der Waals surface area (Å²) < 4.78 is 8.74. The fourth-order valence-corrected chi connectivity index (χ4v) is 3.19. The summed E-state index contributed by atoms with van der Waals surface area (Å²) in [6, 6.07) is 19.1. The Morgan fingerprint density at radius 1 is 0.926 bits per heavy atom. The van der Waals surface area contributed by atoms with Crippen LogP contribution >= 0.6 is 0 Å². The molecule has 0 saturated heterocycles. The van der Waals surface area contributed by atoms with Crippen LogP contribution in [-0.4, -0.2) is 21.6 Å². The number of imidazole rings is 1. The predicted octanol–water partition coefficient (Wildman–Crippen LogP) is 3.05. The van der Waals surface area contributed by atoms with Crippen molar-refractivity contribution in [2.24, 2.45) is 14.1 Å². The molecule has 4 aromatic rings. The van der Waals surface area contributed by atoms with Crippen LogP contribution < -0.4 is 15.7 Å². The third-order valence-corrected chi connectivity index (χ3v) is 4.65. The first-order chi connectivity index (χ1) is 13.0. The fraction of sp³-hybridized carbons (Fsp3) is 0.143. The molecular weight excluding hydrogens is 342 g/mol. The van der Waals surface area contributed by atoms with Gasteiger partial charge in [-0.25, -0.2) is 4.79 Å². The van der Waals surface area contributed by atoms with E-state index in [-0.39, 0.29) is 18.2 Å². The van der Waals surface area contributed by atoms with Crippen LogP contribution in [-0.2, 0) is 18.9 Å². The van der Waals surface area contributed by atoms with Gasteiger partial charge in [-0.1, -0.05) is 30.3 Å². The second-order valence-electron chi connectivity index (χ2n) is 6.45. The van der Waals surface area contributed by atoms with Gasteiger partial charge in [-0.3, -0.25) is 13.9 Å². The number of carbonyl (C=O) groups is 1. The molecule has 0 unspecified atom stereocenters. The van der Waals surface area contributed by atoms with Crippen LogP contribution in [0.15, 0.2) is 65.5 Å². The molecule has 3 aromatic carbocycles. The van der Waals surface area contributed by atoms with Gasteiger partial charge >= 0.3 is 5.69 Å². The molecule has 0 spiro atoms. The highest BCUT2D eigenvalue weighted by Crippen LogP contribution is 2.21. The molecule has 0 saturated carbocycles. The molecule has 0 radical (unpaired) electrons. The molecule has 0 bridgehead atoms. The summed E-state index contributed by atoms with van der Waals surface area (Å²) in [7, 11) is 3.43. The molecular formula is C21H19N3O3. The Bertz CT molecular complexity index is 1220. The van der Waals surface area contributed by atoms with Crippen LogP contribution in [0.4, 0.5) is 5.69 Å². The van der Waals surface area contributed by atoms with E-state index in [9.17, 15) is 9.59 Å². The molecule has 1 heterocycles. The smallest absolute Gasteiger partial charge is 0.328 e. The van der Waals surface area contributed by atoms with E-state index in [2.05, 4.69) is 5.32 Å². The van der Waals surface area contributed by atoms with Gasteiger partial charge in [-0.15, -0.1) is 0 Å².